The van der Waals surface area contributed by atoms with E-state index in [1.165, 1.54) is 18.3 Å². The third-order valence-electron chi connectivity index (χ3n) is 4.11. The molecule has 1 atom stereocenters. The maximum absolute atomic E-state index is 12.5. The molecule has 2 amide bonds. The van der Waals surface area contributed by atoms with Gasteiger partial charge in [0.25, 0.3) is 5.91 Å². The van der Waals surface area contributed by atoms with Crippen molar-refractivity contribution in [1.82, 2.24) is 10.3 Å². The number of aryl methyl sites for hydroxylation is 1. The smallest absolute Gasteiger partial charge is 0.266 e. The Bertz CT molecular complexity index is 1110. The van der Waals surface area contributed by atoms with E-state index >= 15 is 0 Å². The van der Waals surface area contributed by atoms with Crippen LogP contribution in [0.2, 0.25) is 0 Å². The van der Waals surface area contributed by atoms with Gasteiger partial charge in [0, 0.05) is 16.7 Å². The average Bonchev–Trinajstić information content (AvgIpc) is 3.32. The van der Waals surface area contributed by atoms with Gasteiger partial charge in [-0.1, -0.05) is 12.1 Å². The summed E-state index contributed by atoms with van der Waals surface area (Å²) in [6.45, 7) is 5.53. The first-order valence-electron chi connectivity index (χ1n) is 9.15. The van der Waals surface area contributed by atoms with Gasteiger partial charge in [0.1, 0.15) is 11.8 Å². The van der Waals surface area contributed by atoms with Crippen LogP contribution in [0.4, 0.5) is 5.13 Å². The van der Waals surface area contributed by atoms with Gasteiger partial charge in [0.05, 0.1) is 22.7 Å². The molecule has 0 spiro atoms. The summed E-state index contributed by atoms with van der Waals surface area (Å²) >= 11 is 2.93. The Morgan fingerprint density at radius 3 is 2.73 bits per heavy atom. The van der Waals surface area contributed by atoms with Crippen LogP contribution in [0.3, 0.4) is 0 Å². The summed E-state index contributed by atoms with van der Waals surface area (Å²) in [4.78, 5) is 31.1. The van der Waals surface area contributed by atoms with Gasteiger partial charge in [-0.3, -0.25) is 14.9 Å². The molecule has 30 heavy (non-hydrogen) atoms. The molecule has 0 radical (unpaired) electrons. The summed E-state index contributed by atoms with van der Waals surface area (Å²) in [5, 5.41) is 15.2. The number of carbonyl (C=O) groups excluding carboxylic acids is 2. The number of para-hydroxylation sites is 1. The zero-order valence-corrected chi connectivity index (χ0v) is 18.3. The minimum absolute atomic E-state index is 0.0754. The van der Waals surface area contributed by atoms with E-state index in [1.54, 1.807) is 42.5 Å². The lowest BCUT2D eigenvalue weighted by Crippen LogP contribution is -2.30. The monoisotopic (exact) mass is 440 g/mol. The Morgan fingerprint density at radius 2 is 2.00 bits per heavy atom. The predicted molar refractivity (Wildman–Crippen MR) is 118 cm³/mol. The van der Waals surface area contributed by atoms with Crippen LogP contribution in [0.25, 0.3) is 10.6 Å². The molecular weight excluding hydrogens is 420 g/mol. The van der Waals surface area contributed by atoms with Gasteiger partial charge < -0.3 is 10.1 Å². The zero-order chi connectivity index (χ0) is 21.7. The van der Waals surface area contributed by atoms with Crippen LogP contribution in [0.5, 0.6) is 5.75 Å². The molecule has 0 aliphatic carbocycles. The SMILES string of the molecule is CC(=O)NCc1ccc(-c2nc(NC(=O)C(C)Oc3ccccc3C#N)sc2C)s1. The molecule has 1 aromatic carbocycles. The predicted octanol–water partition coefficient (Wildman–Crippen LogP) is 4.09. The maximum atomic E-state index is 12.5. The number of benzene rings is 1. The topological polar surface area (TPSA) is 104 Å². The lowest BCUT2D eigenvalue weighted by Gasteiger charge is -2.14. The first-order valence-corrected chi connectivity index (χ1v) is 10.8. The second kappa shape index (κ2) is 9.52. The van der Waals surface area contributed by atoms with Crippen LogP contribution in [-0.2, 0) is 16.1 Å². The quantitative estimate of drug-likeness (QED) is 0.576. The summed E-state index contributed by atoms with van der Waals surface area (Å²) < 4.78 is 5.65. The molecule has 0 aliphatic heterocycles. The third-order valence-corrected chi connectivity index (χ3v) is 6.09. The van der Waals surface area contributed by atoms with E-state index in [2.05, 4.69) is 15.6 Å². The number of hydrogen-bond acceptors (Lipinski definition) is 7. The van der Waals surface area contributed by atoms with Crippen molar-refractivity contribution in [2.75, 3.05) is 5.32 Å². The first-order chi connectivity index (χ1) is 14.4. The molecule has 0 saturated heterocycles. The van der Waals surface area contributed by atoms with Crippen molar-refractivity contribution in [3.63, 3.8) is 0 Å². The van der Waals surface area contributed by atoms with Gasteiger partial charge in [-0.2, -0.15) is 5.26 Å². The molecule has 0 fully saturated rings. The van der Waals surface area contributed by atoms with Crippen molar-refractivity contribution in [2.24, 2.45) is 0 Å². The van der Waals surface area contributed by atoms with Crippen LogP contribution in [0, 0.1) is 18.3 Å². The number of hydrogen-bond donors (Lipinski definition) is 2. The number of nitrogens with zero attached hydrogens (tertiary/aromatic N) is 2. The van der Waals surface area contributed by atoms with Crippen molar-refractivity contribution in [3.8, 4) is 22.4 Å². The lowest BCUT2D eigenvalue weighted by atomic mass is 10.2. The maximum Gasteiger partial charge on any atom is 0.266 e. The highest BCUT2D eigenvalue weighted by Crippen LogP contribution is 2.34. The Morgan fingerprint density at radius 1 is 1.23 bits per heavy atom. The Hall–Kier alpha value is -3.22. The van der Waals surface area contributed by atoms with Crippen LogP contribution in [-0.4, -0.2) is 22.9 Å². The van der Waals surface area contributed by atoms with E-state index in [-0.39, 0.29) is 11.8 Å². The van der Waals surface area contributed by atoms with Crippen molar-refractivity contribution >= 4 is 39.6 Å². The van der Waals surface area contributed by atoms with Crippen molar-refractivity contribution in [1.29, 1.82) is 5.26 Å². The van der Waals surface area contributed by atoms with Gasteiger partial charge in [0.2, 0.25) is 5.91 Å². The van der Waals surface area contributed by atoms with Crippen LogP contribution < -0.4 is 15.4 Å². The molecule has 7 nitrogen and oxygen atoms in total. The van der Waals surface area contributed by atoms with Gasteiger partial charge in [-0.25, -0.2) is 4.98 Å². The number of thiophene rings is 1. The highest BCUT2D eigenvalue weighted by atomic mass is 32.1. The number of aromatic nitrogens is 1. The standard InChI is InChI=1S/C21H20N4O3S2/c1-12(28-17-7-5-4-6-15(17)10-22)20(27)25-21-24-19(13(2)29-21)18-9-8-16(30-18)11-23-14(3)26/h4-9,12H,11H2,1-3H3,(H,23,26)(H,24,25,27). The molecule has 9 heteroatoms. The number of ether oxygens (including phenoxy) is 1. The Labute approximate surface area is 182 Å². The number of carbonyl (C=O) groups is 2. The van der Waals surface area contributed by atoms with Crippen molar-refractivity contribution in [3.05, 3.63) is 51.7 Å². The number of amides is 2. The summed E-state index contributed by atoms with van der Waals surface area (Å²) in [6.07, 6.45) is -0.793. The minimum atomic E-state index is -0.793. The average molecular weight is 441 g/mol. The number of anilines is 1. The molecule has 3 aromatic rings. The summed E-state index contributed by atoms with van der Waals surface area (Å²) in [5.41, 5.74) is 1.18. The summed E-state index contributed by atoms with van der Waals surface area (Å²) in [6, 6.07) is 12.7. The van der Waals surface area contributed by atoms with E-state index in [0.717, 1.165) is 20.3 Å². The van der Waals surface area contributed by atoms with Gasteiger partial charge in [-0.15, -0.1) is 22.7 Å². The number of nitriles is 1. The summed E-state index contributed by atoms with van der Waals surface area (Å²) in [7, 11) is 0. The van der Waals surface area contributed by atoms with Crippen molar-refractivity contribution in [2.45, 2.75) is 33.4 Å². The molecule has 1 unspecified atom stereocenters. The van der Waals surface area contributed by atoms with E-state index in [0.29, 0.717) is 23.0 Å². The molecule has 0 saturated carbocycles. The molecule has 2 aromatic heterocycles. The van der Waals surface area contributed by atoms with E-state index in [9.17, 15) is 9.59 Å². The third kappa shape index (κ3) is 5.23. The summed E-state index contributed by atoms with van der Waals surface area (Å²) in [5.74, 6) is -0.0574. The molecule has 0 bridgehead atoms. The van der Waals surface area contributed by atoms with Gasteiger partial charge in [-0.05, 0) is 38.1 Å². The molecule has 154 valence electrons. The lowest BCUT2D eigenvalue weighted by molar-refractivity contribution is -0.122. The fourth-order valence-electron chi connectivity index (χ4n) is 2.60. The zero-order valence-electron chi connectivity index (χ0n) is 16.7. The fourth-order valence-corrected chi connectivity index (χ4v) is 4.49. The van der Waals surface area contributed by atoms with Crippen molar-refractivity contribution < 1.29 is 14.3 Å². The minimum Gasteiger partial charge on any atom is -0.480 e. The van der Waals surface area contributed by atoms with E-state index in [4.69, 9.17) is 10.00 Å². The van der Waals surface area contributed by atoms with Crippen LogP contribution >= 0.6 is 22.7 Å². The molecular formula is C21H20N4O3S2. The molecule has 3 rings (SSSR count). The molecule has 2 N–H and O–H groups in total. The Kier molecular flexibility index (Phi) is 6.82. The molecule has 0 aliphatic rings. The van der Waals surface area contributed by atoms with E-state index in [1.807, 2.05) is 25.1 Å². The van der Waals surface area contributed by atoms with Gasteiger partial charge >= 0.3 is 0 Å². The number of thiazole rings is 1. The van der Waals surface area contributed by atoms with E-state index < -0.39 is 6.10 Å². The van der Waals surface area contributed by atoms with Gasteiger partial charge in [0.15, 0.2) is 11.2 Å². The van der Waals surface area contributed by atoms with Crippen LogP contribution in [0.15, 0.2) is 36.4 Å². The largest absolute Gasteiger partial charge is 0.480 e. The number of nitrogens with one attached hydrogen (secondary N) is 2. The number of rotatable bonds is 7. The molecule has 2 heterocycles. The highest BCUT2D eigenvalue weighted by molar-refractivity contribution is 7.18. The second-order valence-corrected chi connectivity index (χ2v) is 8.83. The normalized spacial score (nSPS) is 11.4. The highest BCUT2D eigenvalue weighted by Gasteiger charge is 2.19. The fraction of sp³-hybridized carbons (Fsp3) is 0.238. The second-order valence-electron chi connectivity index (χ2n) is 6.46. The Balaban J connectivity index is 1.67. The van der Waals surface area contributed by atoms with Crippen LogP contribution in [0.1, 0.15) is 29.2 Å². The first kappa shape index (κ1) is 21.5.